The van der Waals surface area contributed by atoms with Gasteiger partial charge < -0.3 is 20.9 Å². The molecule has 35 heavy (non-hydrogen) atoms. The summed E-state index contributed by atoms with van der Waals surface area (Å²) < 4.78 is 0. The van der Waals surface area contributed by atoms with E-state index in [1.807, 2.05) is 18.3 Å². The topological polar surface area (TPSA) is 108 Å². The van der Waals surface area contributed by atoms with Crippen LogP contribution in [0.2, 0.25) is 0 Å². The highest BCUT2D eigenvalue weighted by Gasteiger charge is 2.22. The van der Waals surface area contributed by atoms with E-state index in [1.165, 1.54) is 6.42 Å². The van der Waals surface area contributed by atoms with E-state index in [0.717, 1.165) is 61.3 Å². The number of rotatable bonds is 6. The van der Waals surface area contributed by atoms with Gasteiger partial charge in [0, 0.05) is 49.7 Å². The number of hydrogen-bond acceptors (Lipinski definition) is 8. The number of carbonyl (C=O) groups is 1. The third-order valence-electron chi connectivity index (χ3n) is 6.87. The first-order valence-corrected chi connectivity index (χ1v) is 12.6. The molecule has 2 aliphatic rings. The predicted molar refractivity (Wildman–Crippen MR) is 138 cm³/mol. The molecule has 9 heteroatoms. The summed E-state index contributed by atoms with van der Waals surface area (Å²) in [4.78, 5) is 33.7. The second-order valence-corrected chi connectivity index (χ2v) is 10.1. The second-order valence-electron chi connectivity index (χ2n) is 10.1. The number of piperidine rings is 1. The van der Waals surface area contributed by atoms with Crippen LogP contribution in [0.3, 0.4) is 0 Å². The Kier molecular flexibility index (Phi) is 6.77. The zero-order chi connectivity index (χ0) is 24.4. The fraction of sp³-hybridized carbons (Fsp3) is 0.500. The monoisotopic (exact) mass is 474 g/mol. The van der Waals surface area contributed by atoms with E-state index in [-0.39, 0.29) is 17.9 Å². The van der Waals surface area contributed by atoms with E-state index >= 15 is 0 Å². The molecule has 3 aromatic rings. The molecule has 184 valence electrons. The lowest BCUT2D eigenvalue weighted by Gasteiger charge is -2.30. The van der Waals surface area contributed by atoms with E-state index in [9.17, 15) is 4.79 Å². The molecule has 5 rings (SSSR count). The van der Waals surface area contributed by atoms with Crippen molar-refractivity contribution in [1.29, 1.82) is 0 Å². The highest BCUT2D eigenvalue weighted by atomic mass is 16.2. The Morgan fingerprint density at radius 2 is 2.03 bits per heavy atom. The zero-order valence-electron chi connectivity index (χ0n) is 20.7. The molecule has 2 saturated heterocycles. The van der Waals surface area contributed by atoms with Crippen LogP contribution >= 0.6 is 0 Å². The smallest absolute Gasteiger partial charge is 0.270 e. The van der Waals surface area contributed by atoms with E-state index in [2.05, 4.69) is 56.6 Å². The Bertz CT molecular complexity index is 1210. The molecule has 1 amide bonds. The third kappa shape index (κ3) is 5.19. The van der Waals surface area contributed by atoms with Gasteiger partial charge >= 0.3 is 0 Å². The van der Waals surface area contributed by atoms with Gasteiger partial charge in [-0.15, -0.1) is 0 Å². The average Bonchev–Trinajstić information content (AvgIpc) is 3.36. The van der Waals surface area contributed by atoms with Gasteiger partial charge in [-0.25, -0.2) is 9.97 Å². The Morgan fingerprint density at radius 1 is 1.14 bits per heavy atom. The number of aromatic nitrogens is 4. The van der Waals surface area contributed by atoms with Crippen molar-refractivity contribution < 1.29 is 4.79 Å². The molecule has 2 unspecified atom stereocenters. The summed E-state index contributed by atoms with van der Waals surface area (Å²) in [6, 6.07) is 3.98. The van der Waals surface area contributed by atoms with Gasteiger partial charge in [0.1, 0.15) is 17.3 Å². The van der Waals surface area contributed by atoms with Gasteiger partial charge in [0.2, 0.25) is 5.95 Å². The molecule has 0 spiro atoms. The summed E-state index contributed by atoms with van der Waals surface area (Å²) in [5.74, 6) is 2.86. The van der Waals surface area contributed by atoms with Crippen LogP contribution in [0.4, 0.5) is 17.6 Å². The maximum Gasteiger partial charge on any atom is 0.270 e. The van der Waals surface area contributed by atoms with Crippen LogP contribution in [0.5, 0.6) is 0 Å². The molecule has 2 fully saturated rings. The SMILES string of the molecule is CC1CCCN(c2nccc(Nc3cc4c(C(C)C)cnc(C(=O)NC5CCNC5)c4cn3)n2)C1. The number of amides is 1. The molecular formula is C26H34N8O. The number of nitrogens with one attached hydrogen (secondary N) is 3. The molecule has 2 aliphatic heterocycles. The van der Waals surface area contributed by atoms with Crippen molar-refractivity contribution in [3.63, 3.8) is 0 Å². The summed E-state index contributed by atoms with van der Waals surface area (Å²) >= 11 is 0. The van der Waals surface area contributed by atoms with Gasteiger partial charge in [-0.1, -0.05) is 20.8 Å². The summed E-state index contributed by atoms with van der Waals surface area (Å²) in [7, 11) is 0. The first kappa shape index (κ1) is 23.4. The Hall–Kier alpha value is -3.33. The Balaban J connectivity index is 1.43. The molecule has 3 N–H and O–H groups in total. The summed E-state index contributed by atoms with van der Waals surface area (Å²) in [6.45, 7) is 10.2. The van der Waals surface area contributed by atoms with Gasteiger partial charge in [-0.3, -0.25) is 9.78 Å². The summed E-state index contributed by atoms with van der Waals surface area (Å²) in [6.07, 6.45) is 8.69. The van der Waals surface area contributed by atoms with Crippen molar-refractivity contribution in [2.24, 2.45) is 5.92 Å². The zero-order valence-corrected chi connectivity index (χ0v) is 20.7. The molecule has 0 aliphatic carbocycles. The highest BCUT2D eigenvalue weighted by molar-refractivity contribution is 6.06. The molecule has 9 nitrogen and oxygen atoms in total. The minimum atomic E-state index is -0.155. The minimum absolute atomic E-state index is 0.132. The maximum atomic E-state index is 13.0. The molecule has 3 aromatic heterocycles. The van der Waals surface area contributed by atoms with Crippen molar-refractivity contribution in [2.45, 2.75) is 52.0 Å². The molecular weight excluding hydrogens is 440 g/mol. The first-order valence-electron chi connectivity index (χ1n) is 12.6. The highest BCUT2D eigenvalue weighted by Crippen LogP contribution is 2.29. The lowest BCUT2D eigenvalue weighted by atomic mass is 9.98. The fourth-order valence-electron chi connectivity index (χ4n) is 4.97. The van der Waals surface area contributed by atoms with Gasteiger partial charge in [-0.05, 0) is 60.7 Å². The van der Waals surface area contributed by atoms with E-state index in [4.69, 9.17) is 4.98 Å². The van der Waals surface area contributed by atoms with Gasteiger partial charge in [0.05, 0.1) is 0 Å². The van der Waals surface area contributed by atoms with Crippen molar-refractivity contribution in [3.05, 3.63) is 42.0 Å². The van der Waals surface area contributed by atoms with E-state index in [1.54, 1.807) is 12.4 Å². The second kappa shape index (κ2) is 10.1. The number of fused-ring (bicyclic) bond motifs is 1. The van der Waals surface area contributed by atoms with Crippen LogP contribution in [0.25, 0.3) is 10.8 Å². The van der Waals surface area contributed by atoms with Crippen molar-refractivity contribution in [2.75, 3.05) is 36.4 Å². The molecule has 0 saturated carbocycles. The minimum Gasteiger partial charge on any atom is -0.347 e. The Labute approximate surface area is 206 Å². The quantitative estimate of drug-likeness (QED) is 0.497. The van der Waals surface area contributed by atoms with Crippen molar-refractivity contribution in [1.82, 2.24) is 30.6 Å². The van der Waals surface area contributed by atoms with Crippen LogP contribution in [0.1, 0.15) is 62.0 Å². The maximum absolute atomic E-state index is 13.0. The number of anilines is 3. The van der Waals surface area contributed by atoms with Crippen LogP contribution in [0.15, 0.2) is 30.7 Å². The summed E-state index contributed by atoms with van der Waals surface area (Å²) in [5, 5.41) is 11.5. The predicted octanol–water partition coefficient (Wildman–Crippen LogP) is 3.61. The normalized spacial score (nSPS) is 20.4. The number of hydrogen-bond donors (Lipinski definition) is 3. The lowest BCUT2D eigenvalue weighted by Crippen LogP contribution is -2.36. The van der Waals surface area contributed by atoms with Crippen LogP contribution in [-0.4, -0.2) is 58.1 Å². The van der Waals surface area contributed by atoms with Crippen LogP contribution in [-0.2, 0) is 0 Å². The summed E-state index contributed by atoms with van der Waals surface area (Å²) in [5.41, 5.74) is 1.49. The standard InChI is InChI=1S/C26H34N8O/c1-16(2)20-13-30-24(25(35)31-18-6-8-27-12-18)21-14-29-23(11-19(20)21)32-22-7-9-28-26(33-22)34-10-4-5-17(3)15-34/h7,9,11,13-14,16-18,27H,4-6,8,10,12,15H2,1-3H3,(H,31,35)(H,28,29,32,33). The Morgan fingerprint density at radius 3 is 2.80 bits per heavy atom. The van der Waals surface area contributed by atoms with Crippen LogP contribution < -0.4 is 20.9 Å². The first-order chi connectivity index (χ1) is 17.0. The third-order valence-corrected chi connectivity index (χ3v) is 6.87. The van der Waals surface area contributed by atoms with Crippen molar-refractivity contribution >= 4 is 34.3 Å². The van der Waals surface area contributed by atoms with E-state index < -0.39 is 0 Å². The molecule has 0 radical (unpaired) electrons. The number of pyridine rings is 2. The molecule has 5 heterocycles. The fourth-order valence-corrected chi connectivity index (χ4v) is 4.97. The van der Waals surface area contributed by atoms with Gasteiger partial charge in [0.25, 0.3) is 5.91 Å². The van der Waals surface area contributed by atoms with Gasteiger partial charge in [-0.2, -0.15) is 4.98 Å². The van der Waals surface area contributed by atoms with Crippen molar-refractivity contribution in [3.8, 4) is 0 Å². The van der Waals surface area contributed by atoms with Gasteiger partial charge in [0.15, 0.2) is 0 Å². The lowest BCUT2D eigenvalue weighted by molar-refractivity contribution is 0.0937. The molecule has 2 atom stereocenters. The largest absolute Gasteiger partial charge is 0.347 e. The number of nitrogens with zero attached hydrogens (tertiary/aromatic N) is 5. The van der Waals surface area contributed by atoms with Crippen LogP contribution in [0, 0.1) is 5.92 Å². The molecule has 0 bridgehead atoms. The van der Waals surface area contributed by atoms with E-state index in [0.29, 0.717) is 23.2 Å². The average molecular weight is 475 g/mol. The molecule has 0 aromatic carbocycles. The number of carbonyl (C=O) groups excluding carboxylic acids is 1.